The molecule has 0 aromatic heterocycles. The number of hydrogen-bond acceptors (Lipinski definition) is 0. The van der Waals surface area contributed by atoms with Gasteiger partial charge in [0.1, 0.15) is 0 Å². The van der Waals surface area contributed by atoms with Gasteiger partial charge in [0.2, 0.25) is 0 Å². The lowest BCUT2D eigenvalue weighted by Crippen LogP contribution is -2.08. The molecular weight excluding hydrogens is 240 g/mol. The Kier molecular flexibility index (Phi) is 4.06. The number of halogens is 1. The monoisotopic (exact) mass is 264 g/mol. The summed E-state index contributed by atoms with van der Waals surface area (Å²) in [6.07, 6.45) is 2.78. The Balaban J connectivity index is 2.54. The topological polar surface area (TPSA) is 0 Å². The van der Waals surface area contributed by atoms with Crippen LogP contribution in [0.3, 0.4) is 0 Å². The third-order valence-corrected chi connectivity index (χ3v) is 4.45. The lowest BCUT2D eigenvalue weighted by molar-refractivity contribution is 0.642. The zero-order chi connectivity index (χ0) is 13.4. The lowest BCUT2D eigenvalue weighted by atomic mass is 9.81. The highest BCUT2D eigenvalue weighted by atomic mass is 35.5. The van der Waals surface area contributed by atoms with E-state index in [0.29, 0.717) is 17.8 Å². The fourth-order valence-electron chi connectivity index (χ4n) is 3.03. The third-order valence-electron chi connectivity index (χ3n) is 4.23. The first-order chi connectivity index (χ1) is 8.41. The van der Waals surface area contributed by atoms with E-state index in [9.17, 15) is 0 Å². The average molecular weight is 265 g/mol. The molecule has 2 rings (SSSR count). The maximum absolute atomic E-state index is 6.34. The van der Waals surface area contributed by atoms with Gasteiger partial charge in [-0.2, -0.15) is 0 Å². The summed E-state index contributed by atoms with van der Waals surface area (Å²) in [7, 11) is 0. The van der Waals surface area contributed by atoms with Crippen molar-refractivity contribution in [3.63, 3.8) is 0 Å². The van der Waals surface area contributed by atoms with Crippen LogP contribution in [0.25, 0.3) is 0 Å². The lowest BCUT2D eigenvalue weighted by Gasteiger charge is -2.24. The molecule has 1 aliphatic rings. The van der Waals surface area contributed by atoms with E-state index in [1.165, 1.54) is 24.0 Å². The average Bonchev–Trinajstić information content (AvgIpc) is 3.09. The molecule has 0 nitrogen and oxygen atoms in total. The van der Waals surface area contributed by atoms with Crippen LogP contribution in [0.15, 0.2) is 12.1 Å². The van der Waals surface area contributed by atoms with E-state index in [2.05, 4.69) is 46.8 Å². The first-order valence-corrected chi connectivity index (χ1v) is 7.62. The van der Waals surface area contributed by atoms with Gasteiger partial charge in [-0.3, -0.25) is 0 Å². The maximum atomic E-state index is 6.34. The molecule has 0 amide bonds. The zero-order valence-corrected chi connectivity index (χ0v) is 13.0. The van der Waals surface area contributed by atoms with Gasteiger partial charge in [0.05, 0.1) is 0 Å². The summed E-state index contributed by atoms with van der Waals surface area (Å²) in [5.41, 5.74) is 4.50. The zero-order valence-electron chi connectivity index (χ0n) is 12.3. The number of hydrogen-bond donors (Lipinski definition) is 0. The van der Waals surface area contributed by atoms with E-state index in [4.69, 9.17) is 11.6 Å². The van der Waals surface area contributed by atoms with Crippen molar-refractivity contribution in [3.05, 3.63) is 33.8 Å². The second-order valence-corrected chi connectivity index (χ2v) is 6.87. The highest BCUT2D eigenvalue weighted by Crippen LogP contribution is 2.46. The van der Waals surface area contributed by atoms with E-state index in [1.807, 2.05) is 0 Å². The van der Waals surface area contributed by atoms with Gasteiger partial charge in [0.15, 0.2) is 0 Å². The minimum atomic E-state index is 0.547. The van der Waals surface area contributed by atoms with Gasteiger partial charge < -0.3 is 0 Å². The van der Waals surface area contributed by atoms with Crippen molar-refractivity contribution in [1.29, 1.82) is 0 Å². The summed E-state index contributed by atoms with van der Waals surface area (Å²) in [4.78, 5) is 0. The SMILES string of the molecule is CC(C)c1cc(Cl)cc(C(C)C2CC2)c1C(C)C. The van der Waals surface area contributed by atoms with Gasteiger partial charge in [0, 0.05) is 5.02 Å². The molecule has 1 saturated carbocycles. The Morgan fingerprint density at radius 2 is 1.50 bits per heavy atom. The normalized spacial score (nSPS) is 17.6. The van der Waals surface area contributed by atoms with Gasteiger partial charge >= 0.3 is 0 Å². The Hall–Kier alpha value is -0.490. The summed E-state index contributed by atoms with van der Waals surface area (Å²) >= 11 is 6.34. The molecular formula is C17H25Cl. The van der Waals surface area contributed by atoms with E-state index >= 15 is 0 Å². The van der Waals surface area contributed by atoms with Crippen molar-refractivity contribution >= 4 is 11.6 Å². The standard InChI is InChI=1S/C17H25Cl/c1-10(2)15-8-14(18)9-16(17(15)11(3)4)12(5)13-6-7-13/h8-13H,6-7H2,1-5H3. The van der Waals surface area contributed by atoms with Gasteiger partial charge in [-0.25, -0.2) is 0 Å². The highest BCUT2D eigenvalue weighted by molar-refractivity contribution is 6.30. The van der Waals surface area contributed by atoms with Gasteiger partial charge in [-0.15, -0.1) is 0 Å². The van der Waals surface area contributed by atoms with Gasteiger partial charge in [-0.1, -0.05) is 46.2 Å². The predicted molar refractivity (Wildman–Crippen MR) is 80.8 cm³/mol. The van der Waals surface area contributed by atoms with Crippen LogP contribution in [-0.2, 0) is 0 Å². The predicted octanol–water partition coefficient (Wildman–Crippen LogP) is 6.10. The Labute approximate surface area is 117 Å². The first-order valence-electron chi connectivity index (χ1n) is 7.25. The van der Waals surface area contributed by atoms with Crippen LogP contribution in [0, 0.1) is 5.92 Å². The largest absolute Gasteiger partial charge is 0.0843 e. The van der Waals surface area contributed by atoms with Crippen molar-refractivity contribution in [2.75, 3.05) is 0 Å². The number of rotatable bonds is 4. The molecule has 1 fully saturated rings. The second kappa shape index (κ2) is 5.25. The molecule has 0 radical (unpaired) electrons. The molecule has 1 heteroatoms. The van der Waals surface area contributed by atoms with Gasteiger partial charge in [0.25, 0.3) is 0 Å². The molecule has 0 N–H and O–H groups in total. The first kappa shape index (κ1) is 13.9. The van der Waals surface area contributed by atoms with E-state index < -0.39 is 0 Å². The molecule has 1 unspecified atom stereocenters. The van der Waals surface area contributed by atoms with Crippen molar-refractivity contribution in [2.45, 2.75) is 65.2 Å². The third kappa shape index (κ3) is 2.74. The van der Waals surface area contributed by atoms with Crippen LogP contribution in [-0.4, -0.2) is 0 Å². The summed E-state index contributed by atoms with van der Waals surface area (Å²) in [5, 5.41) is 0.908. The highest BCUT2D eigenvalue weighted by Gasteiger charge is 2.31. The molecule has 1 aliphatic carbocycles. The van der Waals surface area contributed by atoms with Crippen LogP contribution in [0.4, 0.5) is 0 Å². The molecule has 1 atom stereocenters. The number of benzene rings is 1. The van der Waals surface area contributed by atoms with E-state index in [0.717, 1.165) is 10.9 Å². The van der Waals surface area contributed by atoms with E-state index in [1.54, 1.807) is 5.56 Å². The Morgan fingerprint density at radius 3 is 1.94 bits per heavy atom. The van der Waals surface area contributed by atoms with Crippen molar-refractivity contribution in [3.8, 4) is 0 Å². The maximum Gasteiger partial charge on any atom is 0.0411 e. The summed E-state index contributed by atoms with van der Waals surface area (Å²) in [6, 6.07) is 4.39. The van der Waals surface area contributed by atoms with Crippen LogP contribution in [0.1, 0.15) is 81.9 Å². The molecule has 0 aliphatic heterocycles. The smallest absolute Gasteiger partial charge is 0.0411 e. The summed E-state index contributed by atoms with van der Waals surface area (Å²) in [5.74, 6) is 2.68. The van der Waals surface area contributed by atoms with Crippen LogP contribution in [0.2, 0.25) is 5.02 Å². The van der Waals surface area contributed by atoms with Crippen LogP contribution >= 0.6 is 11.6 Å². The second-order valence-electron chi connectivity index (χ2n) is 6.43. The quantitative estimate of drug-likeness (QED) is 0.616. The molecule has 1 aromatic rings. The molecule has 0 bridgehead atoms. The summed E-state index contributed by atoms with van der Waals surface area (Å²) in [6.45, 7) is 11.5. The van der Waals surface area contributed by atoms with Crippen molar-refractivity contribution in [2.24, 2.45) is 5.92 Å². The van der Waals surface area contributed by atoms with E-state index in [-0.39, 0.29) is 0 Å². The molecule has 18 heavy (non-hydrogen) atoms. The fraction of sp³-hybridized carbons (Fsp3) is 0.647. The minimum Gasteiger partial charge on any atom is -0.0843 e. The molecule has 0 saturated heterocycles. The van der Waals surface area contributed by atoms with Crippen LogP contribution in [0.5, 0.6) is 0 Å². The summed E-state index contributed by atoms with van der Waals surface area (Å²) < 4.78 is 0. The molecule has 100 valence electrons. The minimum absolute atomic E-state index is 0.547. The Bertz CT molecular complexity index is 427. The van der Waals surface area contributed by atoms with Crippen molar-refractivity contribution < 1.29 is 0 Å². The fourth-order valence-corrected chi connectivity index (χ4v) is 3.27. The van der Waals surface area contributed by atoms with Crippen molar-refractivity contribution in [1.82, 2.24) is 0 Å². The van der Waals surface area contributed by atoms with Gasteiger partial charge in [-0.05, 0) is 65.3 Å². The van der Waals surface area contributed by atoms with Crippen LogP contribution < -0.4 is 0 Å². The Morgan fingerprint density at radius 1 is 0.944 bits per heavy atom. The molecule has 0 heterocycles. The molecule has 1 aromatic carbocycles. The molecule has 0 spiro atoms.